The van der Waals surface area contributed by atoms with E-state index >= 15 is 0 Å². The Morgan fingerprint density at radius 2 is 0.800 bits per heavy atom. The second-order valence-corrected chi connectivity index (χ2v) is 5.74. The smallest absolute Gasteiger partial charge is 0.439 e. The zero-order chi connectivity index (χ0) is 24.1. The molecule has 0 fully saturated rings. The molecule has 1 aromatic rings. The first-order valence-electron chi connectivity index (χ1n) is 7.08. The predicted molar refractivity (Wildman–Crippen MR) is 65.4 cm³/mol. The molecule has 4 nitrogen and oxygen atoms in total. The van der Waals surface area contributed by atoms with Crippen LogP contribution in [0.2, 0.25) is 0 Å². The van der Waals surface area contributed by atoms with Gasteiger partial charge in [-0.1, -0.05) is 0 Å². The highest BCUT2D eigenvalue weighted by Crippen LogP contribution is 2.55. The highest BCUT2D eigenvalue weighted by atomic mass is 19.4. The summed E-state index contributed by atoms with van der Waals surface area (Å²) in [7, 11) is 0. The van der Waals surface area contributed by atoms with Gasteiger partial charge < -0.3 is 4.74 Å². The van der Waals surface area contributed by atoms with Gasteiger partial charge in [-0.3, -0.25) is 0 Å². The van der Waals surface area contributed by atoms with Crippen LogP contribution < -0.4 is 4.74 Å². The first kappa shape index (κ1) is 25.9. The lowest BCUT2D eigenvalue weighted by molar-refractivity contribution is -0.354. The van der Waals surface area contributed by atoms with Crippen molar-refractivity contribution in [3.8, 4) is 6.01 Å². The van der Waals surface area contributed by atoms with Crippen molar-refractivity contribution in [1.82, 2.24) is 15.0 Å². The molecule has 0 saturated carbocycles. The van der Waals surface area contributed by atoms with Crippen LogP contribution in [0.5, 0.6) is 6.01 Å². The minimum atomic E-state index is -7.03. The summed E-state index contributed by atoms with van der Waals surface area (Å²) < 4.78 is 186. The van der Waals surface area contributed by atoms with Gasteiger partial charge in [0, 0.05) is 0 Å². The Labute approximate surface area is 156 Å². The highest BCUT2D eigenvalue weighted by molar-refractivity contribution is 5.20. The summed E-state index contributed by atoms with van der Waals surface area (Å²) in [5.74, 6) is -6.67. The van der Waals surface area contributed by atoms with E-state index in [-0.39, 0.29) is 0 Å². The fraction of sp³-hybridized carbons (Fsp3) is 0.750. The van der Waals surface area contributed by atoms with E-state index in [0.717, 1.165) is 13.8 Å². The molecule has 0 amide bonds. The van der Waals surface area contributed by atoms with Crippen molar-refractivity contribution in [2.24, 2.45) is 0 Å². The summed E-state index contributed by atoms with van der Waals surface area (Å²) in [5, 5.41) is 0. The van der Waals surface area contributed by atoms with Crippen LogP contribution in [0.25, 0.3) is 0 Å². The van der Waals surface area contributed by atoms with Crippen LogP contribution >= 0.6 is 0 Å². The molecule has 1 aromatic heterocycles. The Hall–Kier alpha value is -2.17. The summed E-state index contributed by atoms with van der Waals surface area (Å²) >= 11 is 0. The quantitative estimate of drug-likeness (QED) is 0.560. The maximum atomic E-state index is 14.1. The predicted octanol–water partition coefficient (Wildman–Crippen LogP) is 5.24. The minimum Gasteiger partial charge on any atom is -0.461 e. The molecule has 30 heavy (non-hydrogen) atoms. The molecule has 0 aliphatic heterocycles. The van der Waals surface area contributed by atoms with Crippen LogP contribution in [0.15, 0.2) is 0 Å². The molecule has 0 aliphatic carbocycles. The molecule has 0 aromatic carbocycles. The lowest BCUT2D eigenvalue weighted by atomic mass is 10.0. The third-order valence-electron chi connectivity index (χ3n) is 3.13. The zero-order valence-electron chi connectivity index (χ0n) is 14.1. The first-order chi connectivity index (χ1) is 13.0. The molecule has 0 atom stereocenters. The monoisotopic (exact) mass is 475 g/mol. The van der Waals surface area contributed by atoms with Crippen LogP contribution in [0.4, 0.5) is 61.5 Å². The van der Waals surface area contributed by atoms with E-state index in [2.05, 4.69) is 14.7 Å². The average molecular weight is 475 g/mol. The number of aromatic nitrogens is 3. The number of hydrogen-bond acceptors (Lipinski definition) is 4. The fourth-order valence-electron chi connectivity index (χ4n) is 1.76. The van der Waals surface area contributed by atoms with Gasteiger partial charge in [0.15, 0.2) is 11.6 Å². The number of halogens is 14. The molecule has 18 heteroatoms. The normalized spacial score (nSPS) is 15.0. The van der Waals surface area contributed by atoms with Gasteiger partial charge >= 0.3 is 42.1 Å². The lowest BCUT2D eigenvalue weighted by Crippen LogP contribution is -2.54. The summed E-state index contributed by atoms with van der Waals surface area (Å²) in [4.78, 5) is 6.01. The van der Waals surface area contributed by atoms with Crippen LogP contribution in [0, 0.1) is 0 Å². The second-order valence-electron chi connectivity index (χ2n) is 5.74. The Balaban J connectivity index is 4.07. The van der Waals surface area contributed by atoms with E-state index in [1.807, 2.05) is 0 Å². The molecular weight excluding hydrogens is 468 g/mol. The first-order valence-corrected chi connectivity index (χ1v) is 7.08. The summed E-state index contributed by atoms with van der Waals surface area (Å²) in [6.45, 7) is 1.88. The van der Waals surface area contributed by atoms with Gasteiger partial charge in [0.1, 0.15) is 0 Å². The molecule has 0 saturated heterocycles. The maximum absolute atomic E-state index is 14.1. The van der Waals surface area contributed by atoms with Crippen molar-refractivity contribution in [3.63, 3.8) is 0 Å². The van der Waals surface area contributed by atoms with Crippen molar-refractivity contribution < 1.29 is 66.2 Å². The van der Waals surface area contributed by atoms with Gasteiger partial charge in [0.2, 0.25) is 0 Å². The number of nitrogens with zero attached hydrogens (tertiary/aromatic N) is 3. The summed E-state index contributed by atoms with van der Waals surface area (Å²) in [5.41, 5.74) is -13.4. The largest absolute Gasteiger partial charge is 0.461 e. The third kappa shape index (κ3) is 4.17. The lowest BCUT2D eigenvalue weighted by Gasteiger charge is -2.31. The SMILES string of the molecule is CC(C)Oc1nc(C(F)(C(F)(F)F)C(F)(F)F)nc(C(F)(C(F)(F)F)C(F)(F)F)n1. The van der Waals surface area contributed by atoms with E-state index in [9.17, 15) is 61.5 Å². The zero-order valence-corrected chi connectivity index (χ0v) is 14.1. The van der Waals surface area contributed by atoms with E-state index in [4.69, 9.17) is 0 Å². The standard InChI is InChI=1S/C12H7F14N3O/c1-3(2)30-6-28-4(7(13,9(15,16)17)10(18,19)20)27-5(29-6)8(14,11(21,22)23)12(24,25)26/h3H,1-2H3. The maximum Gasteiger partial charge on any atom is 0.439 e. The molecule has 0 bridgehead atoms. The minimum absolute atomic E-state index is 0.940. The Bertz CT molecular complexity index is 679. The van der Waals surface area contributed by atoms with Crippen molar-refractivity contribution in [2.75, 3.05) is 0 Å². The van der Waals surface area contributed by atoms with Crippen molar-refractivity contribution in [1.29, 1.82) is 0 Å². The summed E-state index contributed by atoms with van der Waals surface area (Å²) in [6.07, 6.45) is -29.5. The van der Waals surface area contributed by atoms with E-state index in [1.165, 1.54) is 0 Å². The van der Waals surface area contributed by atoms with Gasteiger partial charge in [0.25, 0.3) is 0 Å². The molecule has 174 valence electrons. The number of alkyl halides is 14. The van der Waals surface area contributed by atoms with Crippen LogP contribution in [-0.4, -0.2) is 45.8 Å². The van der Waals surface area contributed by atoms with Crippen molar-refractivity contribution in [2.45, 2.75) is 56.0 Å². The third-order valence-corrected chi connectivity index (χ3v) is 3.13. The van der Waals surface area contributed by atoms with E-state index in [0.29, 0.717) is 0 Å². The Morgan fingerprint density at radius 1 is 0.533 bits per heavy atom. The number of hydrogen-bond donors (Lipinski definition) is 0. The molecule has 1 heterocycles. The van der Waals surface area contributed by atoms with Gasteiger partial charge in [-0.2, -0.15) is 62.7 Å². The molecule has 1 rings (SSSR count). The molecular formula is C12H7F14N3O. The summed E-state index contributed by atoms with van der Waals surface area (Å²) in [6, 6.07) is -2.05. The highest BCUT2D eigenvalue weighted by Gasteiger charge is 2.78. The molecule has 0 radical (unpaired) electrons. The Kier molecular flexibility index (Phi) is 6.22. The average Bonchev–Trinajstić information content (AvgIpc) is 2.47. The van der Waals surface area contributed by atoms with Gasteiger partial charge in [-0.05, 0) is 13.8 Å². The molecule has 0 unspecified atom stereocenters. The van der Waals surface area contributed by atoms with E-state index < -0.39 is 59.8 Å². The Morgan fingerprint density at radius 3 is 1.00 bits per heavy atom. The van der Waals surface area contributed by atoms with Gasteiger partial charge in [0.05, 0.1) is 6.10 Å². The van der Waals surface area contributed by atoms with Crippen molar-refractivity contribution in [3.05, 3.63) is 11.6 Å². The molecule has 0 spiro atoms. The second kappa shape index (κ2) is 7.21. The van der Waals surface area contributed by atoms with E-state index in [1.54, 1.807) is 4.98 Å². The molecule has 0 N–H and O–H groups in total. The van der Waals surface area contributed by atoms with Crippen LogP contribution in [0.1, 0.15) is 25.5 Å². The van der Waals surface area contributed by atoms with Gasteiger partial charge in [-0.15, -0.1) is 0 Å². The topological polar surface area (TPSA) is 47.9 Å². The number of ether oxygens (including phenoxy) is 1. The van der Waals surface area contributed by atoms with Crippen molar-refractivity contribution >= 4 is 0 Å². The fourth-order valence-corrected chi connectivity index (χ4v) is 1.76. The van der Waals surface area contributed by atoms with Crippen LogP contribution in [-0.2, 0) is 11.3 Å². The molecule has 0 aliphatic rings. The van der Waals surface area contributed by atoms with Gasteiger partial charge in [-0.25, -0.2) is 13.8 Å². The van der Waals surface area contributed by atoms with Crippen LogP contribution in [0.3, 0.4) is 0 Å². The number of rotatable bonds is 4.